The van der Waals surface area contributed by atoms with Crippen LogP contribution in [-0.4, -0.2) is 18.0 Å². The molecule has 2 heteroatoms. The van der Waals surface area contributed by atoms with Crippen LogP contribution in [0.15, 0.2) is 90.8 Å². The second-order valence-corrected chi connectivity index (χ2v) is 7.55. The Kier molecular flexibility index (Phi) is 14.6. The molecule has 0 aliphatic heterocycles. The molecule has 0 amide bonds. The van der Waals surface area contributed by atoms with E-state index in [0.717, 1.165) is 18.5 Å². The molecule has 0 fully saturated rings. The Morgan fingerprint density at radius 2 is 1.59 bits per heavy atom. The summed E-state index contributed by atoms with van der Waals surface area (Å²) in [4.78, 5) is 2.20. The van der Waals surface area contributed by atoms with Crippen LogP contribution in [0.5, 0.6) is 0 Å². The van der Waals surface area contributed by atoms with E-state index in [0.29, 0.717) is 11.6 Å². The highest BCUT2D eigenvalue weighted by atomic mass is 15.2. The monoisotopic (exact) mass is 434 g/mol. The van der Waals surface area contributed by atoms with Crippen molar-refractivity contribution in [2.24, 2.45) is 11.7 Å². The van der Waals surface area contributed by atoms with Crippen molar-refractivity contribution in [2.45, 2.75) is 67.3 Å². The van der Waals surface area contributed by atoms with Crippen molar-refractivity contribution in [3.63, 3.8) is 0 Å². The van der Waals surface area contributed by atoms with Crippen LogP contribution in [0.1, 0.15) is 60.5 Å². The van der Waals surface area contributed by atoms with Crippen molar-refractivity contribution in [3.05, 3.63) is 96.4 Å². The molecule has 0 saturated carbocycles. The van der Waals surface area contributed by atoms with E-state index in [9.17, 15) is 0 Å². The average Bonchev–Trinajstić information content (AvgIpc) is 2.83. The van der Waals surface area contributed by atoms with Crippen LogP contribution in [0.2, 0.25) is 0 Å². The maximum Gasteiger partial charge on any atom is 0.0714 e. The van der Waals surface area contributed by atoms with Crippen LogP contribution in [0.25, 0.3) is 10.8 Å². The van der Waals surface area contributed by atoms with Crippen molar-refractivity contribution in [3.8, 4) is 0 Å². The fourth-order valence-corrected chi connectivity index (χ4v) is 3.62. The van der Waals surface area contributed by atoms with Gasteiger partial charge in [-0.3, -0.25) is 0 Å². The van der Waals surface area contributed by atoms with Crippen LogP contribution in [0.3, 0.4) is 0 Å². The summed E-state index contributed by atoms with van der Waals surface area (Å²) in [6, 6.07) is 15.2. The highest BCUT2D eigenvalue weighted by Crippen LogP contribution is 2.26. The minimum atomic E-state index is 0.0361. The molecule has 0 aliphatic rings. The second-order valence-electron chi connectivity index (χ2n) is 7.55. The van der Waals surface area contributed by atoms with Crippen molar-refractivity contribution in [2.75, 3.05) is 7.05 Å². The van der Waals surface area contributed by atoms with Gasteiger partial charge in [-0.2, -0.15) is 0 Å². The number of nitrogens with zero attached hydrogens (tertiary/aromatic N) is 1. The molecule has 176 valence electrons. The maximum absolute atomic E-state index is 6.16. The van der Waals surface area contributed by atoms with Crippen molar-refractivity contribution >= 4 is 10.8 Å². The minimum Gasteiger partial charge on any atom is -0.401 e. The Bertz CT molecular complexity index is 889. The Morgan fingerprint density at radius 1 is 1.00 bits per heavy atom. The summed E-state index contributed by atoms with van der Waals surface area (Å²) in [6.07, 6.45) is 8.09. The molecular formula is C30H46N2. The fraction of sp³-hybridized carbons (Fsp3) is 0.400. The van der Waals surface area contributed by atoms with Crippen LogP contribution in [-0.2, 0) is 6.42 Å². The lowest BCUT2D eigenvalue weighted by Gasteiger charge is -2.34. The third-order valence-electron chi connectivity index (χ3n) is 5.45. The molecule has 2 aromatic rings. The Hall–Kier alpha value is -2.74. The van der Waals surface area contributed by atoms with Gasteiger partial charge in [0.1, 0.15) is 0 Å². The van der Waals surface area contributed by atoms with Gasteiger partial charge in [0.05, 0.1) is 6.04 Å². The van der Waals surface area contributed by atoms with Gasteiger partial charge in [0.15, 0.2) is 0 Å². The number of rotatable bonds is 9. The number of hydrogen-bond acceptors (Lipinski definition) is 2. The molecule has 2 unspecified atom stereocenters. The maximum atomic E-state index is 6.16. The zero-order chi connectivity index (χ0) is 24.7. The van der Waals surface area contributed by atoms with E-state index in [2.05, 4.69) is 99.6 Å². The average molecular weight is 435 g/mol. The van der Waals surface area contributed by atoms with Crippen LogP contribution in [0.4, 0.5) is 0 Å². The summed E-state index contributed by atoms with van der Waals surface area (Å²) >= 11 is 0. The predicted octanol–water partition coefficient (Wildman–Crippen LogP) is 8.27. The standard InChI is InChI=1S/C26H34N2.2C2H6/c1-7-11-22(8-2)18-26(20(4)27)28(6)21(5)19(3)16-23-14-15-24-12-9-10-13-25(24)17-23;2*1-2/h7-15,17,19,26H,4-5,16,18,27H2,1-3,6H3;2*1-2H3/b11-7-,22-8+;;. The van der Waals surface area contributed by atoms with E-state index in [4.69, 9.17) is 5.73 Å². The molecule has 2 nitrogen and oxygen atoms in total. The van der Waals surface area contributed by atoms with E-state index >= 15 is 0 Å². The number of nitrogens with two attached hydrogens (primary N) is 1. The normalized spacial score (nSPS) is 12.8. The molecule has 32 heavy (non-hydrogen) atoms. The van der Waals surface area contributed by atoms with Crippen molar-refractivity contribution in [1.29, 1.82) is 0 Å². The topological polar surface area (TPSA) is 29.3 Å². The van der Waals surface area contributed by atoms with E-state index < -0.39 is 0 Å². The molecule has 0 aliphatic carbocycles. The summed E-state index contributed by atoms with van der Waals surface area (Å²) in [6.45, 7) is 22.7. The van der Waals surface area contributed by atoms with Crippen LogP contribution < -0.4 is 5.73 Å². The third kappa shape index (κ3) is 8.78. The van der Waals surface area contributed by atoms with Crippen LogP contribution in [0, 0.1) is 5.92 Å². The molecular weight excluding hydrogens is 388 g/mol. The van der Waals surface area contributed by atoms with Gasteiger partial charge in [-0.25, -0.2) is 0 Å². The molecule has 0 spiro atoms. The van der Waals surface area contributed by atoms with Gasteiger partial charge in [-0.15, -0.1) is 0 Å². The minimum absolute atomic E-state index is 0.0361. The lowest BCUT2D eigenvalue weighted by molar-refractivity contribution is 0.302. The molecule has 0 saturated heterocycles. The van der Waals surface area contributed by atoms with Gasteiger partial charge in [-0.1, -0.05) is 114 Å². The quantitative estimate of drug-likeness (QED) is 0.402. The molecule has 0 bridgehead atoms. The summed E-state index contributed by atoms with van der Waals surface area (Å²) < 4.78 is 0. The highest BCUT2D eigenvalue weighted by Gasteiger charge is 2.21. The van der Waals surface area contributed by atoms with Crippen molar-refractivity contribution < 1.29 is 0 Å². The Morgan fingerprint density at radius 3 is 2.12 bits per heavy atom. The molecule has 2 N–H and O–H groups in total. The number of benzene rings is 2. The molecule has 0 aromatic heterocycles. The van der Waals surface area contributed by atoms with Crippen LogP contribution >= 0.6 is 0 Å². The molecule has 2 atom stereocenters. The second kappa shape index (κ2) is 16.0. The van der Waals surface area contributed by atoms with Gasteiger partial charge in [-0.05, 0) is 48.9 Å². The first-order valence-electron chi connectivity index (χ1n) is 12.0. The van der Waals surface area contributed by atoms with Crippen molar-refractivity contribution in [1.82, 2.24) is 4.90 Å². The van der Waals surface area contributed by atoms with E-state index in [-0.39, 0.29) is 6.04 Å². The number of fused-ring (bicyclic) bond motifs is 1. The third-order valence-corrected chi connectivity index (χ3v) is 5.45. The van der Waals surface area contributed by atoms with E-state index in [1.54, 1.807) is 0 Å². The van der Waals surface area contributed by atoms with Gasteiger partial charge < -0.3 is 10.6 Å². The molecule has 0 heterocycles. The molecule has 2 aromatic carbocycles. The predicted molar refractivity (Wildman–Crippen MR) is 147 cm³/mol. The number of likely N-dealkylation sites (N-methyl/N-ethyl adjacent to an activating group) is 1. The summed E-state index contributed by atoms with van der Waals surface area (Å²) in [5.41, 5.74) is 10.5. The number of hydrogen-bond donors (Lipinski definition) is 1. The largest absolute Gasteiger partial charge is 0.401 e. The van der Waals surface area contributed by atoms with Gasteiger partial charge >= 0.3 is 0 Å². The van der Waals surface area contributed by atoms with Gasteiger partial charge in [0, 0.05) is 18.4 Å². The zero-order valence-corrected chi connectivity index (χ0v) is 21.8. The van der Waals surface area contributed by atoms with Gasteiger partial charge in [0.2, 0.25) is 0 Å². The SMILES string of the molecule is C=C(N)C(CC(/C=C\C)=C/C)N(C)C(=C)C(C)Cc1ccc2ccccc2c1.CC.CC. The van der Waals surface area contributed by atoms with E-state index in [1.807, 2.05) is 34.6 Å². The smallest absolute Gasteiger partial charge is 0.0714 e. The first kappa shape index (κ1) is 29.3. The first-order valence-corrected chi connectivity index (χ1v) is 12.0. The lowest BCUT2D eigenvalue weighted by Crippen LogP contribution is -2.37. The summed E-state index contributed by atoms with van der Waals surface area (Å²) in [5.74, 6) is 0.309. The summed E-state index contributed by atoms with van der Waals surface area (Å²) in [7, 11) is 2.07. The molecule has 0 radical (unpaired) electrons. The highest BCUT2D eigenvalue weighted by molar-refractivity contribution is 5.83. The Balaban J connectivity index is 0.00000227. The number of allylic oxidation sites excluding steroid dienone is 4. The van der Waals surface area contributed by atoms with E-state index in [1.165, 1.54) is 21.9 Å². The molecule has 2 rings (SSSR count). The van der Waals surface area contributed by atoms with Gasteiger partial charge in [0.25, 0.3) is 0 Å². The summed E-state index contributed by atoms with van der Waals surface area (Å²) in [5, 5.41) is 2.56. The lowest BCUT2D eigenvalue weighted by atomic mass is 9.94. The first-order chi connectivity index (χ1) is 15.4. The zero-order valence-electron chi connectivity index (χ0n) is 21.8. The Labute approximate surface area is 198 Å². The fourth-order valence-electron chi connectivity index (χ4n) is 3.62.